The van der Waals surface area contributed by atoms with E-state index in [1.54, 1.807) is 6.07 Å². The molecule has 0 aliphatic rings. The molecule has 0 saturated carbocycles. The maximum atomic E-state index is 9.92. The largest absolute Gasteiger partial charge is 0.507 e. The fourth-order valence-corrected chi connectivity index (χ4v) is 2.25. The van der Waals surface area contributed by atoms with Crippen LogP contribution < -0.4 is 0 Å². The number of hydrogen-bond donors (Lipinski definition) is 1. The van der Waals surface area contributed by atoms with Crippen molar-refractivity contribution in [2.75, 3.05) is 0 Å². The van der Waals surface area contributed by atoms with Crippen molar-refractivity contribution in [2.45, 2.75) is 0 Å². The number of hydrogen-bond acceptors (Lipinski definition) is 1. The third-order valence-corrected chi connectivity index (χ3v) is 3.03. The van der Waals surface area contributed by atoms with Crippen LogP contribution in [0.5, 0.6) is 5.75 Å². The van der Waals surface area contributed by atoms with Gasteiger partial charge in [0, 0.05) is 10.4 Å². The number of halogens is 1. The third kappa shape index (κ3) is 1.33. The number of phenols is 1. The average Bonchev–Trinajstić information content (AvgIpc) is 2.29. The van der Waals surface area contributed by atoms with Crippen molar-refractivity contribution in [3.05, 3.63) is 53.6 Å². The van der Waals surface area contributed by atoms with Crippen molar-refractivity contribution in [3.8, 4) is 5.75 Å². The lowest BCUT2D eigenvalue weighted by Gasteiger charge is -2.06. The lowest BCUT2D eigenvalue weighted by Crippen LogP contribution is -1.78. The molecular formula is C14H9ClO. The second kappa shape index (κ2) is 3.39. The number of phenolic OH excluding ortho intramolecular Hbond substituents is 1. The molecule has 78 valence electrons. The standard InChI is InChI=1S/C14H9ClO/c15-10-5-6-11-9(7-10)8-14(16)13-4-2-1-3-12(11)13/h1-8,16H. The first kappa shape index (κ1) is 9.49. The quantitative estimate of drug-likeness (QED) is 0.567. The van der Waals surface area contributed by atoms with Crippen molar-refractivity contribution in [3.63, 3.8) is 0 Å². The van der Waals surface area contributed by atoms with Crippen LogP contribution in [0.25, 0.3) is 21.5 Å². The highest BCUT2D eigenvalue weighted by Crippen LogP contribution is 2.33. The van der Waals surface area contributed by atoms with Gasteiger partial charge in [-0.05, 0) is 34.4 Å². The van der Waals surface area contributed by atoms with Crippen molar-refractivity contribution in [2.24, 2.45) is 0 Å². The van der Waals surface area contributed by atoms with Gasteiger partial charge in [-0.1, -0.05) is 41.9 Å². The summed E-state index contributed by atoms with van der Waals surface area (Å²) in [5.41, 5.74) is 0. The van der Waals surface area contributed by atoms with Gasteiger partial charge in [-0.2, -0.15) is 0 Å². The minimum Gasteiger partial charge on any atom is -0.507 e. The molecule has 0 heterocycles. The highest BCUT2D eigenvalue weighted by atomic mass is 35.5. The Kier molecular flexibility index (Phi) is 2.01. The van der Waals surface area contributed by atoms with Gasteiger partial charge in [0.25, 0.3) is 0 Å². The van der Waals surface area contributed by atoms with Crippen LogP contribution >= 0.6 is 11.6 Å². The van der Waals surface area contributed by atoms with Crippen molar-refractivity contribution < 1.29 is 5.11 Å². The first-order valence-corrected chi connectivity index (χ1v) is 5.43. The van der Waals surface area contributed by atoms with E-state index in [2.05, 4.69) is 0 Å². The molecule has 0 aromatic heterocycles. The Balaban J connectivity index is 2.59. The van der Waals surface area contributed by atoms with E-state index < -0.39 is 0 Å². The Morgan fingerprint density at radius 3 is 2.38 bits per heavy atom. The second-order valence-electron chi connectivity index (χ2n) is 3.81. The molecule has 3 aromatic carbocycles. The van der Waals surface area contributed by atoms with E-state index in [0.29, 0.717) is 10.8 Å². The highest BCUT2D eigenvalue weighted by molar-refractivity contribution is 6.31. The molecule has 1 nitrogen and oxygen atoms in total. The van der Waals surface area contributed by atoms with Crippen LogP contribution in [-0.2, 0) is 0 Å². The van der Waals surface area contributed by atoms with Gasteiger partial charge in [-0.25, -0.2) is 0 Å². The van der Waals surface area contributed by atoms with Crippen LogP contribution in [0.15, 0.2) is 48.5 Å². The smallest absolute Gasteiger partial charge is 0.124 e. The molecule has 0 saturated heterocycles. The average molecular weight is 229 g/mol. The van der Waals surface area contributed by atoms with Crippen LogP contribution in [0.2, 0.25) is 5.02 Å². The molecule has 0 radical (unpaired) electrons. The minimum absolute atomic E-state index is 0.297. The van der Waals surface area contributed by atoms with E-state index in [4.69, 9.17) is 11.6 Å². The maximum absolute atomic E-state index is 9.92. The number of aromatic hydroxyl groups is 1. The highest BCUT2D eigenvalue weighted by Gasteiger charge is 2.05. The molecule has 0 amide bonds. The van der Waals surface area contributed by atoms with Crippen molar-refractivity contribution in [1.82, 2.24) is 0 Å². The van der Waals surface area contributed by atoms with Gasteiger partial charge in [0.2, 0.25) is 0 Å². The predicted octanol–water partition coefficient (Wildman–Crippen LogP) is 4.35. The molecule has 16 heavy (non-hydrogen) atoms. The lowest BCUT2D eigenvalue weighted by atomic mass is 10.0. The van der Waals surface area contributed by atoms with Crippen LogP contribution in [0.1, 0.15) is 0 Å². The molecule has 1 N–H and O–H groups in total. The summed E-state index contributed by atoms with van der Waals surface area (Å²) >= 11 is 5.94. The van der Waals surface area contributed by atoms with Gasteiger partial charge in [0.05, 0.1) is 0 Å². The summed E-state index contributed by atoms with van der Waals surface area (Å²) in [5, 5.41) is 14.6. The van der Waals surface area contributed by atoms with E-state index in [9.17, 15) is 5.11 Å². The van der Waals surface area contributed by atoms with Gasteiger partial charge in [0.15, 0.2) is 0 Å². The van der Waals surface area contributed by atoms with Gasteiger partial charge in [-0.15, -0.1) is 0 Å². The van der Waals surface area contributed by atoms with Gasteiger partial charge < -0.3 is 5.11 Å². The van der Waals surface area contributed by atoms with Crippen LogP contribution in [0.4, 0.5) is 0 Å². The number of benzene rings is 3. The Labute approximate surface area is 97.9 Å². The first-order valence-electron chi connectivity index (χ1n) is 5.06. The zero-order chi connectivity index (χ0) is 11.1. The number of rotatable bonds is 0. The maximum Gasteiger partial charge on any atom is 0.124 e. The molecule has 0 aliphatic carbocycles. The Hall–Kier alpha value is -1.73. The molecule has 0 unspecified atom stereocenters. The van der Waals surface area contributed by atoms with E-state index in [1.807, 2.05) is 42.5 Å². The Morgan fingerprint density at radius 2 is 1.56 bits per heavy atom. The van der Waals surface area contributed by atoms with E-state index in [1.165, 1.54) is 0 Å². The van der Waals surface area contributed by atoms with E-state index in [-0.39, 0.29) is 0 Å². The van der Waals surface area contributed by atoms with Crippen LogP contribution in [0, 0.1) is 0 Å². The van der Waals surface area contributed by atoms with Gasteiger partial charge in [0.1, 0.15) is 5.75 Å². The Morgan fingerprint density at radius 1 is 0.812 bits per heavy atom. The van der Waals surface area contributed by atoms with Crippen LogP contribution in [-0.4, -0.2) is 5.11 Å². The molecule has 2 heteroatoms. The predicted molar refractivity (Wildman–Crippen MR) is 68.1 cm³/mol. The molecule has 0 bridgehead atoms. The van der Waals surface area contributed by atoms with Gasteiger partial charge in [-0.3, -0.25) is 0 Å². The normalized spacial score (nSPS) is 11.1. The fraction of sp³-hybridized carbons (Fsp3) is 0. The van der Waals surface area contributed by atoms with Crippen LogP contribution in [0.3, 0.4) is 0 Å². The molecular weight excluding hydrogens is 220 g/mol. The molecule has 0 spiro atoms. The molecule has 3 aromatic rings. The zero-order valence-corrected chi connectivity index (χ0v) is 9.20. The fourth-order valence-electron chi connectivity index (χ4n) is 2.06. The summed E-state index contributed by atoms with van der Waals surface area (Å²) in [6.45, 7) is 0. The Bertz CT molecular complexity index is 689. The first-order chi connectivity index (χ1) is 7.75. The topological polar surface area (TPSA) is 20.2 Å². The summed E-state index contributed by atoms with van der Waals surface area (Å²) in [6.07, 6.45) is 0. The van der Waals surface area contributed by atoms with Crippen molar-refractivity contribution >= 4 is 33.1 Å². The zero-order valence-electron chi connectivity index (χ0n) is 8.44. The second-order valence-corrected chi connectivity index (χ2v) is 4.24. The number of fused-ring (bicyclic) bond motifs is 3. The third-order valence-electron chi connectivity index (χ3n) is 2.80. The molecule has 0 atom stereocenters. The SMILES string of the molecule is Oc1cc2cc(Cl)ccc2c2ccccc12. The molecule has 0 fully saturated rings. The lowest BCUT2D eigenvalue weighted by molar-refractivity contribution is 0.482. The molecule has 3 rings (SSSR count). The van der Waals surface area contributed by atoms with E-state index in [0.717, 1.165) is 21.5 Å². The van der Waals surface area contributed by atoms with Gasteiger partial charge >= 0.3 is 0 Å². The summed E-state index contributed by atoms with van der Waals surface area (Å²) in [6, 6.07) is 15.3. The van der Waals surface area contributed by atoms with Crippen molar-refractivity contribution in [1.29, 1.82) is 0 Å². The molecule has 0 aliphatic heterocycles. The summed E-state index contributed by atoms with van der Waals surface area (Å²) in [7, 11) is 0. The summed E-state index contributed by atoms with van der Waals surface area (Å²) in [4.78, 5) is 0. The summed E-state index contributed by atoms with van der Waals surface area (Å²) in [5.74, 6) is 0.297. The minimum atomic E-state index is 0.297. The van der Waals surface area contributed by atoms with E-state index >= 15 is 0 Å². The summed E-state index contributed by atoms with van der Waals surface area (Å²) < 4.78 is 0. The monoisotopic (exact) mass is 228 g/mol.